The maximum atomic E-state index is 5.30. The third-order valence-electron chi connectivity index (χ3n) is 3.75. The van der Waals surface area contributed by atoms with Crippen molar-refractivity contribution in [3.8, 4) is 11.6 Å². The fourth-order valence-electron chi connectivity index (χ4n) is 2.66. The van der Waals surface area contributed by atoms with Gasteiger partial charge in [0.2, 0.25) is 11.7 Å². The standard InChI is InChI=1S/C14H15N5O2/c1-18-9-15-10-7-19(5-4-11(10)18)8-13-16-14(17-21-13)12-3-2-6-20-12/h2-3,6,9H,4-5,7-8H2,1H3. The molecule has 3 aromatic rings. The van der Waals surface area contributed by atoms with E-state index in [9.17, 15) is 0 Å². The molecule has 0 radical (unpaired) electrons. The molecule has 7 nitrogen and oxygen atoms in total. The van der Waals surface area contributed by atoms with Crippen molar-refractivity contribution in [2.24, 2.45) is 7.05 Å². The molecule has 108 valence electrons. The number of nitrogens with zero attached hydrogens (tertiary/aromatic N) is 5. The van der Waals surface area contributed by atoms with Crippen molar-refractivity contribution >= 4 is 0 Å². The highest BCUT2D eigenvalue weighted by Gasteiger charge is 2.22. The Hall–Kier alpha value is -2.41. The minimum Gasteiger partial charge on any atom is -0.461 e. The van der Waals surface area contributed by atoms with E-state index in [0.717, 1.165) is 25.2 Å². The van der Waals surface area contributed by atoms with Gasteiger partial charge in [-0.3, -0.25) is 4.90 Å². The average Bonchev–Trinajstić information content (AvgIpc) is 3.20. The number of furan rings is 1. The number of hydrogen-bond donors (Lipinski definition) is 0. The lowest BCUT2D eigenvalue weighted by molar-refractivity contribution is 0.206. The second kappa shape index (κ2) is 4.85. The van der Waals surface area contributed by atoms with Gasteiger partial charge < -0.3 is 13.5 Å². The lowest BCUT2D eigenvalue weighted by Gasteiger charge is -2.24. The van der Waals surface area contributed by atoms with E-state index in [1.807, 2.05) is 19.4 Å². The van der Waals surface area contributed by atoms with Crippen LogP contribution in [0.5, 0.6) is 0 Å². The molecule has 4 rings (SSSR count). The molecule has 0 saturated heterocycles. The Labute approximate surface area is 121 Å². The van der Waals surface area contributed by atoms with Gasteiger partial charge in [-0.2, -0.15) is 4.98 Å². The first-order valence-corrected chi connectivity index (χ1v) is 6.87. The molecule has 0 fully saturated rings. The topological polar surface area (TPSA) is 73.1 Å². The first-order chi connectivity index (χ1) is 10.3. The van der Waals surface area contributed by atoms with E-state index in [2.05, 4.69) is 24.6 Å². The average molecular weight is 285 g/mol. The first-order valence-electron chi connectivity index (χ1n) is 6.87. The molecule has 0 N–H and O–H groups in total. The molecule has 0 aliphatic carbocycles. The Morgan fingerprint density at radius 3 is 3.19 bits per heavy atom. The second-order valence-electron chi connectivity index (χ2n) is 5.20. The van der Waals surface area contributed by atoms with Crippen molar-refractivity contribution in [1.82, 2.24) is 24.6 Å². The summed E-state index contributed by atoms with van der Waals surface area (Å²) in [4.78, 5) is 11.1. The summed E-state index contributed by atoms with van der Waals surface area (Å²) < 4.78 is 12.6. The molecular weight excluding hydrogens is 270 g/mol. The van der Waals surface area contributed by atoms with E-state index in [0.29, 0.717) is 24.0 Å². The van der Waals surface area contributed by atoms with E-state index in [-0.39, 0.29) is 0 Å². The van der Waals surface area contributed by atoms with Crippen molar-refractivity contribution in [2.75, 3.05) is 6.54 Å². The van der Waals surface area contributed by atoms with Crippen LogP contribution in [0.1, 0.15) is 17.3 Å². The molecule has 1 aliphatic rings. The van der Waals surface area contributed by atoms with Crippen LogP contribution in [0.15, 0.2) is 33.7 Å². The zero-order valence-corrected chi connectivity index (χ0v) is 11.7. The lowest BCUT2D eigenvalue weighted by atomic mass is 10.1. The predicted octanol–water partition coefficient (Wildman–Crippen LogP) is 1.62. The summed E-state index contributed by atoms with van der Waals surface area (Å²) in [7, 11) is 2.04. The summed E-state index contributed by atoms with van der Waals surface area (Å²) in [5.41, 5.74) is 2.45. The van der Waals surface area contributed by atoms with Crippen LogP contribution in [-0.4, -0.2) is 31.1 Å². The lowest BCUT2D eigenvalue weighted by Crippen LogP contribution is -2.30. The Kier molecular flexibility index (Phi) is 2.85. The van der Waals surface area contributed by atoms with Gasteiger partial charge in [-0.05, 0) is 12.1 Å². The van der Waals surface area contributed by atoms with E-state index in [1.54, 1.807) is 12.3 Å². The normalized spacial score (nSPS) is 15.3. The number of rotatable bonds is 3. The SMILES string of the molecule is Cn1cnc2c1CCN(Cc1nc(-c3ccco3)no1)C2. The van der Waals surface area contributed by atoms with Crippen LogP contribution in [0, 0.1) is 0 Å². The van der Waals surface area contributed by atoms with Crippen molar-refractivity contribution < 1.29 is 8.94 Å². The monoisotopic (exact) mass is 285 g/mol. The summed E-state index contributed by atoms with van der Waals surface area (Å²) in [5, 5.41) is 3.95. The zero-order chi connectivity index (χ0) is 14.2. The molecule has 1 aliphatic heterocycles. The Bertz CT molecular complexity index is 743. The Morgan fingerprint density at radius 1 is 1.38 bits per heavy atom. The highest BCUT2D eigenvalue weighted by Crippen LogP contribution is 2.20. The maximum absolute atomic E-state index is 5.30. The first kappa shape index (κ1) is 12.3. The van der Waals surface area contributed by atoms with Crippen LogP contribution in [0.3, 0.4) is 0 Å². The highest BCUT2D eigenvalue weighted by molar-refractivity contribution is 5.44. The van der Waals surface area contributed by atoms with E-state index < -0.39 is 0 Å². The minimum absolute atomic E-state index is 0.491. The predicted molar refractivity (Wildman–Crippen MR) is 73.0 cm³/mol. The summed E-state index contributed by atoms with van der Waals surface area (Å²) in [6, 6.07) is 3.62. The van der Waals surface area contributed by atoms with Crippen molar-refractivity contribution in [3.05, 3.63) is 42.0 Å². The fraction of sp³-hybridized carbons (Fsp3) is 0.357. The van der Waals surface area contributed by atoms with Crippen LogP contribution in [0.25, 0.3) is 11.6 Å². The van der Waals surface area contributed by atoms with Gasteiger partial charge in [-0.15, -0.1) is 0 Å². The summed E-state index contributed by atoms with van der Waals surface area (Å²) >= 11 is 0. The van der Waals surface area contributed by atoms with Gasteiger partial charge in [0, 0.05) is 32.3 Å². The molecule has 0 saturated carbocycles. The van der Waals surface area contributed by atoms with Crippen molar-refractivity contribution in [3.63, 3.8) is 0 Å². The molecule has 3 aromatic heterocycles. The molecule has 21 heavy (non-hydrogen) atoms. The van der Waals surface area contributed by atoms with Gasteiger partial charge in [0.05, 0.1) is 24.8 Å². The number of imidazole rings is 1. The van der Waals surface area contributed by atoms with Gasteiger partial charge in [0.25, 0.3) is 0 Å². The molecule has 0 aromatic carbocycles. The van der Waals surface area contributed by atoms with Crippen LogP contribution < -0.4 is 0 Å². The van der Waals surface area contributed by atoms with Gasteiger partial charge >= 0.3 is 0 Å². The highest BCUT2D eigenvalue weighted by atomic mass is 16.5. The molecule has 0 unspecified atom stereocenters. The van der Waals surface area contributed by atoms with Gasteiger partial charge in [-0.25, -0.2) is 4.98 Å². The molecule has 4 heterocycles. The summed E-state index contributed by atoms with van der Waals surface area (Å²) in [5.74, 6) is 1.71. The summed E-state index contributed by atoms with van der Waals surface area (Å²) in [6.45, 7) is 2.41. The largest absolute Gasteiger partial charge is 0.461 e. The molecular formula is C14H15N5O2. The number of aromatic nitrogens is 4. The quantitative estimate of drug-likeness (QED) is 0.728. The minimum atomic E-state index is 0.491. The molecule has 0 bridgehead atoms. The van der Waals surface area contributed by atoms with Crippen molar-refractivity contribution in [1.29, 1.82) is 0 Å². The van der Waals surface area contributed by atoms with Gasteiger partial charge in [-0.1, -0.05) is 5.16 Å². The third-order valence-corrected chi connectivity index (χ3v) is 3.75. The Balaban J connectivity index is 1.48. The number of aryl methyl sites for hydroxylation is 1. The second-order valence-corrected chi connectivity index (χ2v) is 5.20. The zero-order valence-electron chi connectivity index (χ0n) is 11.7. The maximum Gasteiger partial charge on any atom is 0.241 e. The van der Waals surface area contributed by atoms with Crippen LogP contribution in [0.2, 0.25) is 0 Å². The van der Waals surface area contributed by atoms with E-state index >= 15 is 0 Å². The van der Waals surface area contributed by atoms with Gasteiger partial charge in [0.15, 0.2) is 5.76 Å². The van der Waals surface area contributed by atoms with Crippen LogP contribution in [0.4, 0.5) is 0 Å². The summed E-state index contributed by atoms with van der Waals surface area (Å²) in [6.07, 6.45) is 4.46. The van der Waals surface area contributed by atoms with Crippen LogP contribution in [-0.2, 0) is 26.6 Å². The van der Waals surface area contributed by atoms with Crippen molar-refractivity contribution in [2.45, 2.75) is 19.5 Å². The molecule has 0 amide bonds. The van der Waals surface area contributed by atoms with Crippen LogP contribution >= 0.6 is 0 Å². The van der Waals surface area contributed by atoms with E-state index in [4.69, 9.17) is 8.94 Å². The van der Waals surface area contributed by atoms with E-state index in [1.165, 1.54) is 5.69 Å². The smallest absolute Gasteiger partial charge is 0.241 e. The van der Waals surface area contributed by atoms with Gasteiger partial charge in [0.1, 0.15) is 0 Å². The number of fused-ring (bicyclic) bond motifs is 1. The Morgan fingerprint density at radius 2 is 2.33 bits per heavy atom. The third kappa shape index (κ3) is 2.25. The number of hydrogen-bond acceptors (Lipinski definition) is 6. The molecule has 7 heteroatoms. The molecule has 0 atom stereocenters. The fourth-order valence-corrected chi connectivity index (χ4v) is 2.66. The molecule has 0 spiro atoms.